The van der Waals surface area contributed by atoms with Crippen molar-refractivity contribution in [2.24, 2.45) is 0 Å². The van der Waals surface area contributed by atoms with E-state index in [2.05, 4.69) is 15.5 Å². The van der Waals surface area contributed by atoms with E-state index in [1.165, 1.54) is 0 Å². The average molecular weight is 306 g/mol. The van der Waals surface area contributed by atoms with Gasteiger partial charge in [-0.1, -0.05) is 35.3 Å². The highest BCUT2D eigenvalue weighted by Crippen LogP contribution is 2.30. The standard InChI is InChI=1S/C13H9Cl2N5/c14-8-3-1-4-9(7-8)20-13(17-18-19-20)10-5-2-6-11(15)12(10)16/h1-7H,16H2. The zero-order valence-electron chi connectivity index (χ0n) is 10.2. The van der Waals surface area contributed by atoms with Crippen LogP contribution in [0.15, 0.2) is 42.5 Å². The van der Waals surface area contributed by atoms with Gasteiger partial charge in [0.15, 0.2) is 5.82 Å². The number of nitrogens with two attached hydrogens (primary N) is 1. The normalized spacial score (nSPS) is 10.7. The first-order valence-electron chi connectivity index (χ1n) is 5.75. The predicted molar refractivity (Wildman–Crippen MR) is 79.0 cm³/mol. The molecule has 0 radical (unpaired) electrons. The molecule has 1 heterocycles. The van der Waals surface area contributed by atoms with Gasteiger partial charge in [-0.15, -0.1) is 5.10 Å². The second-order valence-corrected chi connectivity index (χ2v) is 4.94. The quantitative estimate of drug-likeness (QED) is 0.738. The molecule has 3 rings (SSSR count). The van der Waals surface area contributed by atoms with Crippen molar-refractivity contribution in [3.63, 3.8) is 0 Å². The molecule has 0 spiro atoms. The van der Waals surface area contributed by atoms with Crippen LogP contribution in [0.1, 0.15) is 0 Å². The Morgan fingerprint density at radius 3 is 2.65 bits per heavy atom. The molecular formula is C13H9Cl2N5. The number of halogens is 2. The lowest BCUT2D eigenvalue weighted by atomic mass is 10.1. The molecule has 2 N–H and O–H groups in total. The van der Waals surface area contributed by atoms with Crippen molar-refractivity contribution in [1.29, 1.82) is 0 Å². The van der Waals surface area contributed by atoms with Crippen molar-refractivity contribution in [2.75, 3.05) is 5.73 Å². The highest BCUT2D eigenvalue weighted by molar-refractivity contribution is 6.33. The van der Waals surface area contributed by atoms with E-state index in [4.69, 9.17) is 28.9 Å². The van der Waals surface area contributed by atoms with Crippen LogP contribution in [0.4, 0.5) is 5.69 Å². The highest BCUT2D eigenvalue weighted by Gasteiger charge is 2.14. The van der Waals surface area contributed by atoms with Gasteiger partial charge in [-0.05, 0) is 40.8 Å². The number of anilines is 1. The lowest BCUT2D eigenvalue weighted by molar-refractivity contribution is 0.791. The van der Waals surface area contributed by atoms with E-state index in [-0.39, 0.29) is 0 Å². The second kappa shape index (κ2) is 5.11. The molecule has 0 aliphatic carbocycles. The van der Waals surface area contributed by atoms with Crippen molar-refractivity contribution < 1.29 is 0 Å². The van der Waals surface area contributed by atoms with Crippen LogP contribution < -0.4 is 5.73 Å². The van der Waals surface area contributed by atoms with E-state index in [0.717, 1.165) is 5.69 Å². The third-order valence-electron chi connectivity index (χ3n) is 2.82. The monoisotopic (exact) mass is 305 g/mol. The Morgan fingerprint density at radius 1 is 1.05 bits per heavy atom. The van der Waals surface area contributed by atoms with Gasteiger partial charge in [-0.25, -0.2) is 0 Å². The Kier molecular flexibility index (Phi) is 3.30. The number of nitrogens with zero attached hydrogens (tertiary/aromatic N) is 4. The number of hydrogen-bond acceptors (Lipinski definition) is 4. The Hall–Kier alpha value is -2.11. The zero-order valence-corrected chi connectivity index (χ0v) is 11.7. The van der Waals surface area contributed by atoms with Crippen LogP contribution in [0.2, 0.25) is 10.0 Å². The Morgan fingerprint density at radius 2 is 1.85 bits per heavy atom. The number of aromatic nitrogens is 4. The van der Waals surface area contributed by atoms with Gasteiger partial charge in [0.25, 0.3) is 0 Å². The van der Waals surface area contributed by atoms with E-state index in [1.54, 1.807) is 28.9 Å². The van der Waals surface area contributed by atoms with Crippen molar-refractivity contribution in [2.45, 2.75) is 0 Å². The first-order valence-corrected chi connectivity index (χ1v) is 6.51. The number of tetrazole rings is 1. The summed E-state index contributed by atoms with van der Waals surface area (Å²) in [4.78, 5) is 0. The fraction of sp³-hybridized carbons (Fsp3) is 0. The number of nitrogen functional groups attached to an aromatic ring is 1. The van der Waals surface area contributed by atoms with Gasteiger partial charge >= 0.3 is 0 Å². The van der Waals surface area contributed by atoms with Crippen molar-refractivity contribution in [3.8, 4) is 17.1 Å². The molecule has 0 atom stereocenters. The molecule has 3 aromatic rings. The lowest BCUT2D eigenvalue weighted by Crippen LogP contribution is -2.01. The summed E-state index contributed by atoms with van der Waals surface area (Å²) in [5, 5.41) is 12.7. The Bertz CT molecular complexity index is 769. The molecule has 7 heteroatoms. The zero-order chi connectivity index (χ0) is 14.1. The molecule has 100 valence electrons. The van der Waals surface area contributed by atoms with Crippen LogP contribution in [-0.2, 0) is 0 Å². The summed E-state index contributed by atoms with van der Waals surface area (Å²) in [5.41, 5.74) is 7.84. The minimum Gasteiger partial charge on any atom is -0.397 e. The predicted octanol–water partition coefficient (Wildman–Crippen LogP) is 3.22. The van der Waals surface area contributed by atoms with E-state index < -0.39 is 0 Å². The van der Waals surface area contributed by atoms with Crippen molar-refractivity contribution in [1.82, 2.24) is 20.2 Å². The van der Waals surface area contributed by atoms with E-state index in [1.807, 2.05) is 18.2 Å². The number of para-hydroxylation sites is 1. The molecule has 5 nitrogen and oxygen atoms in total. The number of benzene rings is 2. The Labute approximate surface area is 124 Å². The van der Waals surface area contributed by atoms with E-state index in [0.29, 0.717) is 27.1 Å². The minimum atomic E-state index is 0.437. The molecule has 1 aromatic heterocycles. The Balaban J connectivity index is 2.18. The molecule has 2 aromatic carbocycles. The summed E-state index contributed by atoms with van der Waals surface area (Å²) in [6.45, 7) is 0. The van der Waals surface area contributed by atoms with Gasteiger partial charge in [-0.2, -0.15) is 4.68 Å². The third kappa shape index (κ3) is 2.21. The maximum Gasteiger partial charge on any atom is 0.189 e. The third-order valence-corrected chi connectivity index (χ3v) is 3.38. The summed E-state index contributed by atoms with van der Waals surface area (Å²) in [5.74, 6) is 0.507. The second-order valence-electron chi connectivity index (χ2n) is 4.10. The van der Waals surface area contributed by atoms with Crippen molar-refractivity contribution in [3.05, 3.63) is 52.5 Å². The fourth-order valence-corrected chi connectivity index (χ4v) is 2.23. The SMILES string of the molecule is Nc1c(Cl)cccc1-c1nnnn1-c1cccc(Cl)c1. The number of rotatable bonds is 2. The molecule has 20 heavy (non-hydrogen) atoms. The fourth-order valence-electron chi connectivity index (χ4n) is 1.87. The van der Waals surface area contributed by atoms with E-state index >= 15 is 0 Å². The number of hydrogen-bond donors (Lipinski definition) is 1. The van der Waals surface area contributed by atoms with Crippen LogP contribution in [0, 0.1) is 0 Å². The molecular weight excluding hydrogens is 297 g/mol. The van der Waals surface area contributed by atoms with Crippen LogP contribution >= 0.6 is 23.2 Å². The smallest absolute Gasteiger partial charge is 0.189 e. The summed E-state index contributed by atoms with van der Waals surface area (Å²) in [6, 6.07) is 12.6. The summed E-state index contributed by atoms with van der Waals surface area (Å²) in [6.07, 6.45) is 0. The summed E-state index contributed by atoms with van der Waals surface area (Å²) >= 11 is 12.0. The van der Waals surface area contributed by atoms with Crippen LogP contribution in [0.5, 0.6) is 0 Å². The molecule has 0 bridgehead atoms. The minimum absolute atomic E-state index is 0.437. The van der Waals surface area contributed by atoms with Gasteiger partial charge in [0.05, 0.1) is 16.4 Å². The summed E-state index contributed by atoms with van der Waals surface area (Å²) < 4.78 is 1.56. The molecule has 0 aliphatic heterocycles. The highest BCUT2D eigenvalue weighted by atomic mass is 35.5. The first kappa shape index (κ1) is 12.9. The molecule has 0 saturated carbocycles. The molecule has 0 aliphatic rings. The lowest BCUT2D eigenvalue weighted by Gasteiger charge is -2.08. The van der Waals surface area contributed by atoms with Gasteiger partial charge in [0, 0.05) is 10.6 Å². The van der Waals surface area contributed by atoms with Gasteiger partial charge in [0.2, 0.25) is 0 Å². The van der Waals surface area contributed by atoms with E-state index in [9.17, 15) is 0 Å². The summed E-state index contributed by atoms with van der Waals surface area (Å²) in [7, 11) is 0. The van der Waals surface area contributed by atoms with Gasteiger partial charge in [-0.3, -0.25) is 0 Å². The average Bonchev–Trinajstić information content (AvgIpc) is 2.91. The maximum absolute atomic E-state index is 6.03. The van der Waals surface area contributed by atoms with Crippen LogP contribution in [0.3, 0.4) is 0 Å². The molecule has 0 unspecified atom stereocenters. The van der Waals surface area contributed by atoms with Gasteiger partial charge < -0.3 is 5.73 Å². The largest absolute Gasteiger partial charge is 0.397 e. The van der Waals surface area contributed by atoms with Crippen LogP contribution in [-0.4, -0.2) is 20.2 Å². The topological polar surface area (TPSA) is 69.6 Å². The molecule has 0 fully saturated rings. The van der Waals surface area contributed by atoms with Crippen molar-refractivity contribution >= 4 is 28.9 Å². The maximum atomic E-state index is 6.03. The first-order chi connectivity index (χ1) is 9.66. The van der Waals surface area contributed by atoms with Crippen LogP contribution in [0.25, 0.3) is 17.1 Å². The van der Waals surface area contributed by atoms with Gasteiger partial charge in [0.1, 0.15) is 0 Å². The molecule has 0 saturated heterocycles. The molecule has 0 amide bonds.